The van der Waals surface area contributed by atoms with Crippen molar-refractivity contribution in [1.82, 2.24) is 20.0 Å². The van der Waals surface area contributed by atoms with Crippen molar-refractivity contribution < 1.29 is 0 Å². The highest BCUT2D eigenvalue weighted by Crippen LogP contribution is 2.14. The minimum atomic E-state index is 0.827. The van der Waals surface area contributed by atoms with Gasteiger partial charge in [-0.1, -0.05) is 5.21 Å². The molecule has 0 atom stereocenters. The lowest BCUT2D eigenvalue weighted by Crippen LogP contribution is -1.93. The minimum Gasteiger partial charge on any atom is -0.264 e. The molecule has 5 heteroatoms. The second kappa shape index (κ2) is 4.23. The lowest BCUT2D eigenvalue weighted by Gasteiger charge is -1.93. The summed E-state index contributed by atoms with van der Waals surface area (Å²) in [5.41, 5.74) is 1.87. The highest BCUT2D eigenvalue weighted by Gasteiger charge is 2.02. The highest BCUT2D eigenvalue weighted by atomic mass is 32.2. The van der Waals surface area contributed by atoms with Gasteiger partial charge in [-0.25, -0.2) is 4.68 Å². The van der Waals surface area contributed by atoms with Crippen molar-refractivity contribution in [2.45, 2.75) is 5.88 Å². The van der Waals surface area contributed by atoms with Gasteiger partial charge in [-0.2, -0.15) is 0 Å². The Morgan fingerprint density at radius 1 is 1.50 bits per heavy atom. The van der Waals surface area contributed by atoms with Crippen molar-refractivity contribution >= 4 is 11.8 Å². The van der Waals surface area contributed by atoms with E-state index >= 15 is 0 Å². The summed E-state index contributed by atoms with van der Waals surface area (Å²) in [6.07, 6.45) is 7.49. The molecule has 0 bridgehead atoms. The maximum atomic E-state index is 4.06. The first-order valence-electron chi connectivity index (χ1n) is 4.19. The summed E-state index contributed by atoms with van der Waals surface area (Å²) in [5, 5.41) is 8.07. The molecular weight excluding hydrogens is 196 g/mol. The molecule has 72 valence electrons. The lowest BCUT2D eigenvalue weighted by molar-refractivity contribution is 0.702. The third-order valence-electron chi connectivity index (χ3n) is 1.76. The van der Waals surface area contributed by atoms with E-state index in [2.05, 4.69) is 15.3 Å². The summed E-state index contributed by atoms with van der Waals surface area (Å²) >= 11 is 1.71. The van der Waals surface area contributed by atoms with Gasteiger partial charge < -0.3 is 0 Å². The van der Waals surface area contributed by atoms with E-state index in [4.69, 9.17) is 0 Å². The van der Waals surface area contributed by atoms with Crippen molar-refractivity contribution in [3.05, 3.63) is 30.7 Å². The van der Waals surface area contributed by atoms with Crippen LogP contribution in [0.1, 0.15) is 0 Å². The molecule has 0 saturated carbocycles. The fourth-order valence-corrected chi connectivity index (χ4v) is 1.53. The van der Waals surface area contributed by atoms with Crippen LogP contribution in [0.5, 0.6) is 0 Å². The van der Waals surface area contributed by atoms with Crippen molar-refractivity contribution in [2.24, 2.45) is 0 Å². The van der Waals surface area contributed by atoms with Crippen LogP contribution in [-0.4, -0.2) is 26.2 Å². The number of hydrogen-bond donors (Lipinski definition) is 0. The average molecular weight is 206 g/mol. The number of nitrogens with zero attached hydrogens (tertiary/aromatic N) is 4. The van der Waals surface area contributed by atoms with Gasteiger partial charge in [0.2, 0.25) is 0 Å². The van der Waals surface area contributed by atoms with Gasteiger partial charge in [-0.15, -0.1) is 16.9 Å². The molecule has 0 radical (unpaired) electrons. The molecular formula is C9H10N4S. The molecule has 2 rings (SSSR count). The van der Waals surface area contributed by atoms with Crippen LogP contribution in [0, 0.1) is 0 Å². The normalized spacial score (nSPS) is 10.4. The summed E-state index contributed by atoms with van der Waals surface area (Å²) in [4.78, 5) is 4.03. The Morgan fingerprint density at radius 3 is 3.14 bits per heavy atom. The van der Waals surface area contributed by atoms with E-state index in [1.807, 2.05) is 29.3 Å². The fourth-order valence-electron chi connectivity index (χ4n) is 1.14. The zero-order valence-corrected chi connectivity index (χ0v) is 8.61. The van der Waals surface area contributed by atoms with Crippen LogP contribution in [0.4, 0.5) is 0 Å². The van der Waals surface area contributed by atoms with Gasteiger partial charge in [0.25, 0.3) is 0 Å². The molecule has 14 heavy (non-hydrogen) atoms. The quantitative estimate of drug-likeness (QED) is 0.766. The van der Waals surface area contributed by atoms with Crippen LogP contribution in [0.15, 0.2) is 30.7 Å². The van der Waals surface area contributed by atoms with Gasteiger partial charge in [-0.3, -0.25) is 4.98 Å². The second-order valence-electron chi connectivity index (χ2n) is 2.80. The topological polar surface area (TPSA) is 43.6 Å². The Balaban J connectivity index is 2.25. The molecule has 0 aliphatic carbocycles. The number of rotatable bonds is 3. The molecule has 0 fully saturated rings. The lowest BCUT2D eigenvalue weighted by atomic mass is 10.2. The first kappa shape index (κ1) is 9.21. The Kier molecular flexibility index (Phi) is 2.78. The fraction of sp³-hybridized carbons (Fsp3) is 0.222. The third kappa shape index (κ3) is 1.93. The van der Waals surface area contributed by atoms with E-state index in [1.54, 1.807) is 24.2 Å². The summed E-state index contributed by atoms with van der Waals surface area (Å²) in [7, 11) is 0. The van der Waals surface area contributed by atoms with E-state index in [0.29, 0.717) is 0 Å². The van der Waals surface area contributed by atoms with E-state index in [1.165, 1.54) is 0 Å². The average Bonchev–Trinajstić information content (AvgIpc) is 2.68. The number of pyridine rings is 1. The highest BCUT2D eigenvalue weighted by molar-refractivity contribution is 7.97. The molecule has 0 spiro atoms. The molecule has 2 aromatic heterocycles. The molecule has 0 N–H and O–H groups in total. The first-order chi connectivity index (χ1) is 6.90. The largest absolute Gasteiger partial charge is 0.264 e. The van der Waals surface area contributed by atoms with Crippen molar-refractivity contribution in [3.63, 3.8) is 0 Å². The smallest absolute Gasteiger partial charge is 0.114 e. The van der Waals surface area contributed by atoms with E-state index < -0.39 is 0 Å². The number of hydrogen-bond acceptors (Lipinski definition) is 4. The number of aromatic nitrogens is 4. The van der Waals surface area contributed by atoms with Gasteiger partial charge in [0, 0.05) is 18.0 Å². The predicted octanol–water partition coefficient (Wildman–Crippen LogP) is 1.66. The van der Waals surface area contributed by atoms with Crippen LogP contribution >= 0.6 is 11.8 Å². The van der Waals surface area contributed by atoms with E-state index in [9.17, 15) is 0 Å². The molecule has 0 amide bonds. The molecule has 0 unspecified atom stereocenters. The Labute approximate surface area is 86.4 Å². The molecule has 0 aromatic carbocycles. The Morgan fingerprint density at radius 2 is 2.43 bits per heavy atom. The Bertz CT molecular complexity index is 398. The van der Waals surface area contributed by atoms with Crippen molar-refractivity contribution in [2.75, 3.05) is 6.26 Å². The molecule has 0 saturated heterocycles. The van der Waals surface area contributed by atoms with Crippen molar-refractivity contribution in [1.29, 1.82) is 0 Å². The van der Waals surface area contributed by atoms with Gasteiger partial charge in [0.15, 0.2) is 0 Å². The number of thioether (sulfide) groups is 1. The van der Waals surface area contributed by atoms with E-state index in [0.717, 1.165) is 17.1 Å². The van der Waals surface area contributed by atoms with Crippen LogP contribution < -0.4 is 0 Å². The van der Waals surface area contributed by atoms with Crippen LogP contribution in [0.3, 0.4) is 0 Å². The van der Waals surface area contributed by atoms with Gasteiger partial charge >= 0.3 is 0 Å². The molecule has 2 aromatic rings. The monoisotopic (exact) mass is 206 g/mol. The SMILES string of the molecule is CSCn1cc(-c2cccnc2)nn1. The summed E-state index contributed by atoms with van der Waals surface area (Å²) in [6.45, 7) is 0. The zero-order chi connectivity index (χ0) is 9.80. The van der Waals surface area contributed by atoms with Gasteiger partial charge in [-0.05, 0) is 18.4 Å². The third-order valence-corrected chi connectivity index (χ3v) is 2.28. The van der Waals surface area contributed by atoms with E-state index in [-0.39, 0.29) is 0 Å². The van der Waals surface area contributed by atoms with Gasteiger partial charge in [0.05, 0.1) is 12.1 Å². The minimum absolute atomic E-state index is 0.827. The molecule has 0 aliphatic heterocycles. The standard InChI is InChI=1S/C9H10N4S/c1-14-7-13-6-9(11-12-13)8-3-2-4-10-5-8/h2-6H,7H2,1H3. The van der Waals surface area contributed by atoms with Crippen LogP contribution in [0.2, 0.25) is 0 Å². The van der Waals surface area contributed by atoms with Crippen molar-refractivity contribution in [3.8, 4) is 11.3 Å². The van der Waals surface area contributed by atoms with Gasteiger partial charge in [0.1, 0.15) is 5.69 Å². The maximum Gasteiger partial charge on any atom is 0.114 e. The molecule has 4 nitrogen and oxygen atoms in total. The zero-order valence-electron chi connectivity index (χ0n) is 7.79. The second-order valence-corrected chi connectivity index (χ2v) is 3.64. The maximum absolute atomic E-state index is 4.06. The summed E-state index contributed by atoms with van der Waals surface area (Å²) < 4.78 is 1.81. The summed E-state index contributed by atoms with van der Waals surface area (Å²) in [5.74, 6) is 0.827. The summed E-state index contributed by atoms with van der Waals surface area (Å²) in [6, 6.07) is 3.86. The first-order valence-corrected chi connectivity index (χ1v) is 5.59. The van der Waals surface area contributed by atoms with Crippen LogP contribution in [0.25, 0.3) is 11.3 Å². The molecule has 2 heterocycles. The van der Waals surface area contributed by atoms with Crippen LogP contribution in [-0.2, 0) is 5.88 Å². The molecule has 0 aliphatic rings. The Hall–Kier alpha value is -1.36. The predicted molar refractivity (Wildman–Crippen MR) is 56.8 cm³/mol.